The summed E-state index contributed by atoms with van der Waals surface area (Å²) >= 11 is 0. The predicted molar refractivity (Wildman–Crippen MR) is 97.7 cm³/mol. The lowest BCUT2D eigenvalue weighted by Crippen LogP contribution is -2.26. The fourth-order valence-corrected chi connectivity index (χ4v) is 3.36. The number of rotatable bonds is 4. The summed E-state index contributed by atoms with van der Waals surface area (Å²) < 4.78 is 5.23. The molecule has 0 saturated carbocycles. The van der Waals surface area contributed by atoms with Crippen LogP contribution in [0.1, 0.15) is 52.4 Å². The van der Waals surface area contributed by atoms with Gasteiger partial charge in [-0.05, 0) is 38.2 Å². The van der Waals surface area contributed by atoms with E-state index in [1.165, 1.54) is 36.6 Å². The summed E-state index contributed by atoms with van der Waals surface area (Å²) in [7, 11) is 0. The molecule has 140 valence electrons. The van der Waals surface area contributed by atoms with Crippen molar-refractivity contribution in [3.63, 3.8) is 0 Å². The van der Waals surface area contributed by atoms with Gasteiger partial charge in [-0.1, -0.05) is 6.42 Å². The second-order valence-corrected chi connectivity index (χ2v) is 6.60. The number of nitrogen functional groups attached to an aromatic ring is 1. The first kappa shape index (κ1) is 17.2. The van der Waals surface area contributed by atoms with Crippen molar-refractivity contribution in [2.75, 3.05) is 5.73 Å². The average Bonchev–Trinajstić information content (AvgIpc) is 3.26. The van der Waals surface area contributed by atoms with Gasteiger partial charge in [-0.2, -0.15) is 5.10 Å². The largest absolute Gasteiger partial charge is 0.443 e. The van der Waals surface area contributed by atoms with Crippen LogP contribution in [0.15, 0.2) is 16.9 Å². The maximum absolute atomic E-state index is 12.6. The van der Waals surface area contributed by atoms with E-state index >= 15 is 0 Å². The van der Waals surface area contributed by atoms with Crippen molar-refractivity contribution in [1.82, 2.24) is 30.5 Å². The van der Waals surface area contributed by atoms with E-state index in [-0.39, 0.29) is 17.4 Å². The van der Waals surface area contributed by atoms with Gasteiger partial charge in [-0.15, -0.1) is 0 Å². The van der Waals surface area contributed by atoms with Crippen LogP contribution in [0.5, 0.6) is 0 Å². The number of amides is 1. The molecule has 0 fully saturated rings. The maximum Gasteiger partial charge on any atom is 0.274 e. The highest BCUT2D eigenvalue weighted by Gasteiger charge is 2.20. The van der Waals surface area contributed by atoms with Crippen molar-refractivity contribution >= 4 is 11.7 Å². The Morgan fingerprint density at radius 1 is 1.30 bits per heavy atom. The smallest absolute Gasteiger partial charge is 0.274 e. The summed E-state index contributed by atoms with van der Waals surface area (Å²) in [6.45, 7) is 2.06. The average molecular weight is 367 g/mol. The summed E-state index contributed by atoms with van der Waals surface area (Å²) in [5, 5.41) is 10.3. The molecule has 0 spiro atoms. The number of aromatic nitrogens is 5. The fraction of sp³-hybridized carbons (Fsp3) is 0.389. The number of nitrogens with zero attached hydrogens (tertiary/aromatic N) is 4. The second kappa shape index (κ2) is 7.18. The van der Waals surface area contributed by atoms with Gasteiger partial charge in [-0.25, -0.2) is 15.0 Å². The number of fused-ring (bicyclic) bond motifs is 1. The summed E-state index contributed by atoms with van der Waals surface area (Å²) in [5.41, 5.74) is 10.3. The molecule has 27 heavy (non-hydrogen) atoms. The Kier molecular flexibility index (Phi) is 4.57. The minimum Gasteiger partial charge on any atom is -0.443 e. The van der Waals surface area contributed by atoms with Crippen molar-refractivity contribution < 1.29 is 9.21 Å². The molecule has 1 aliphatic carbocycles. The number of oxazole rings is 1. The maximum atomic E-state index is 12.6. The van der Waals surface area contributed by atoms with Crippen molar-refractivity contribution in [3.8, 4) is 11.6 Å². The molecule has 9 heteroatoms. The number of H-pyrrole nitrogens is 1. The number of carbonyl (C=O) groups excluding carboxylic acids is 1. The van der Waals surface area contributed by atoms with E-state index in [9.17, 15) is 4.79 Å². The summed E-state index contributed by atoms with van der Waals surface area (Å²) in [4.78, 5) is 25.2. The van der Waals surface area contributed by atoms with Gasteiger partial charge in [0.05, 0.1) is 24.1 Å². The number of nitrogens with one attached hydrogen (secondary N) is 2. The first-order chi connectivity index (χ1) is 13.1. The van der Waals surface area contributed by atoms with E-state index in [1.54, 1.807) is 6.92 Å². The minimum atomic E-state index is -0.382. The molecule has 4 N–H and O–H groups in total. The van der Waals surface area contributed by atoms with E-state index < -0.39 is 0 Å². The third-order valence-electron chi connectivity index (χ3n) is 4.76. The molecule has 0 atom stereocenters. The molecule has 3 aromatic heterocycles. The Bertz CT molecular complexity index is 963. The van der Waals surface area contributed by atoms with Gasteiger partial charge in [0, 0.05) is 5.69 Å². The second-order valence-electron chi connectivity index (χ2n) is 6.60. The SMILES string of the molecule is Cc1nc(C(=O)NCc2n[nH]c3c2CCCCC3)c(N)nc1-c1ncco1. The monoisotopic (exact) mass is 367 g/mol. The summed E-state index contributed by atoms with van der Waals surface area (Å²) in [5.74, 6) is -0.0301. The van der Waals surface area contributed by atoms with E-state index in [0.29, 0.717) is 23.8 Å². The van der Waals surface area contributed by atoms with Crippen molar-refractivity contribution in [2.24, 2.45) is 0 Å². The van der Waals surface area contributed by atoms with Crippen molar-refractivity contribution in [2.45, 2.75) is 45.6 Å². The minimum absolute atomic E-state index is 0.0344. The Balaban J connectivity index is 1.51. The zero-order valence-corrected chi connectivity index (χ0v) is 15.1. The molecule has 9 nitrogen and oxygen atoms in total. The lowest BCUT2D eigenvalue weighted by atomic mass is 10.1. The van der Waals surface area contributed by atoms with Crippen LogP contribution in [0.3, 0.4) is 0 Å². The zero-order valence-electron chi connectivity index (χ0n) is 15.1. The molecule has 3 heterocycles. The quantitative estimate of drug-likeness (QED) is 0.600. The van der Waals surface area contributed by atoms with E-state index in [1.807, 2.05) is 0 Å². The number of aromatic amines is 1. The Hall–Kier alpha value is -3.23. The normalized spacial score (nSPS) is 13.8. The topological polar surface area (TPSA) is 136 Å². The van der Waals surface area contributed by atoms with Gasteiger partial charge < -0.3 is 15.5 Å². The highest BCUT2D eigenvalue weighted by Crippen LogP contribution is 2.22. The number of hydrogen-bond acceptors (Lipinski definition) is 7. The number of carbonyl (C=O) groups is 1. The standard InChI is InChI=1S/C18H21N7O2/c1-10-14(18-20-7-8-27-18)23-16(19)15(22-10)17(26)21-9-13-11-5-3-2-4-6-12(11)24-25-13/h7-8H,2-6,9H2,1H3,(H2,19,23)(H,21,26)(H,24,25). The van der Waals surface area contributed by atoms with Gasteiger partial charge in [0.15, 0.2) is 11.5 Å². The molecule has 0 aliphatic heterocycles. The number of nitrogens with two attached hydrogens (primary N) is 1. The summed E-state index contributed by atoms with van der Waals surface area (Å²) in [6, 6.07) is 0. The van der Waals surface area contributed by atoms with Gasteiger partial charge in [0.25, 0.3) is 5.91 Å². The van der Waals surface area contributed by atoms with Gasteiger partial charge in [-0.3, -0.25) is 9.89 Å². The molecule has 1 amide bonds. The van der Waals surface area contributed by atoms with E-state index in [0.717, 1.165) is 25.0 Å². The number of hydrogen-bond donors (Lipinski definition) is 3. The molecule has 3 aromatic rings. The molecule has 0 bridgehead atoms. The number of aryl methyl sites for hydroxylation is 2. The third-order valence-corrected chi connectivity index (χ3v) is 4.76. The molecule has 4 rings (SSSR count). The molecular formula is C18H21N7O2. The lowest BCUT2D eigenvalue weighted by Gasteiger charge is -2.09. The first-order valence-electron chi connectivity index (χ1n) is 9.00. The van der Waals surface area contributed by atoms with Crippen molar-refractivity contribution in [1.29, 1.82) is 0 Å². The molecule has 1 aliphatic rings. The van der Waals surface area contributed by atoms with E-state index in [4.69, 9.17) is 10.2 Å². The van der Waals surface area contributed by atoms with Crippen LogP contribution in [0.4, 0.5) is 5.82 Å². The Labute approximate surface area is 155 Å². The summed E-state index contributed by atoms with van der Waals surface area (Å²) in [6.07, 6.45) is 8.49. The first-order valence-corrected chi connectivity index (χ1v) is 9.00. The van der Waals surface area contributed by atoms with Gasteiger partial charge >= 0.3 is 0 Å². The van der Waals surface area contributed by atoms with Crippen LogP contribution in [0.25, 0.3) is 11.6 Å². The van der Waals surface area contributed by atoms with Crippen LogP contribution in [-0.2, 0) is 19.4 Å². The third kappa shape index (κ3) is 3.40. The van der Waals surface area contributed by atoms with Crippen LogP contribution in [0.2, 0.25) is 0 Å². The predicted octanol–water partition coefficient (Wildman–Crippen LogP) is 1.94. The Morgan fingerprint density at radius 2 is 2.15 bits per heavy atom. The molecule has 0 saturated heterocycles. The zero-order chi connectivity index (χ0) is 18.8. The number of anilines is 1. The van der Waals surface area contributed by atoms with Crippen LogP contribution in [-0.4, -0.2) is 31.1 Å². The molecule has 0 aromatic carbocycles. The molecular weight excluding hydrogens is 346 g/mol. The van der Waals surface area contributed by atoms with Gasteiger partial charge in [0.1, 0.15) is 12.0 Å². The fourth-order valence-electron chi connectivity index (χ4n) is 3.36. The van der Waals surface area contributed by atoms with Crippen LogP contribution in [0, 0.1) is 6.92 Å². The lowest BCUT2D eigenvalue weighted by molar-refractivity contribution is 0.0946. The van der Waals surface area contributed by atoms with Crippen LogP contribution < -0.4 is 11.1 Å². The van der Waals surface area contributed by atoms with Crippen LogP contribution >= 0.6 is 0 Å². The van der Waals surface area contributed by atoms with E-state index in [2.05, 4.69) is 30.5 Å². The van der Waals surface area contributed by atoms with Gasteiger partial charge in [0.2, 0.25) is 5.89 Å². The highest BCUT2D eigenvalue weighted by molar-refractivity contribution is 5.96. The highest BCUT2D eigenvalue weighted by atomic mass is 16.3. The Morgan fingerprint density at radius 3 is 2.96 bits per heavy atom. The molecule has 0 unspecified atom stereocenters. The molecule has 0 radical (unpaired) electrons. The van der Waals surface area contributed by atoms with Crippen molar-refractivity contribution in [3.05, 3.63) is 40.8 Å².